The number of sulfonamides is 1. The maximum Gasteiger partial charge on any atom is 0.338 e. The Kier molecular flexibility index (Phi) is 5.82. The van der Waals surface area contributed by atoms with Crippen LogP contribution in [0.1, 0.15) is 10.4 Å². The average molecular weight is 440 g/mol. The van der Waals surface area contributed by atoms with Gasteiger partial charge in [-0.25, -0.2) is 27.6 Å². The Labute approximate surface area is 168 Å². The molecule has 3 aromatic rings. The van der Waals surface area contributed by atoms with Gasteiger partial charge in [-0.05, 0) is 36.4 Å². The minimum absolute atomic E-state index is 0.172. The van der Waals surface area contributed by atoms with Gasteiger partial charge in [0, 0.05) is 12.4 Å². The summed E-state index contributed by atoms with van der Waals surface area (Å²) in [6.45, 7) is 0. The second-order valence-corrected chi connectivity index (χ2v) is 8.42. The summed E-state index contributed by atoms with van der Waals surface area (Å²) in [6.07, 6.45) is 3.02. The van der Waals surface area contributed by atoms with E-state index < -0.39 is 37.3 Å². The molecule has 0 saturated carbocycles. The minimum atomic E-state index is -4.27. The number of aromatic nitrogens is 2. The summed E-state index contributed by atoms with van der Waals surface area (Å²) >= 11 is 7.04. The first-order valence-electron chi connectivity index (χ1n) is 7.56. The number of carboxylic acids is 1. The first-order valence-corrected chi connectivity index (χ1v) is 10.2. The van der Waals surface area contributed by atoms with Crippen LogP contribution in [0.25, 0.3) is 0 Å². The average Bonchev–Trinajstić information content (AvgIpc) is 2.62. The predicted molar refractivity (Wildman–Crippen MR) is 102 cm³/mol. The maximum atomic E-state index is 13.7. The van der Waals surface area contributed by atoms with Crippen molar-refractivity contribution >= 4 is 45.0 Å². The summed E-state index contributed by atoms with van der Waals surface area (Å²) in [6, 6.07) is 9.55. The van der Waals surface area contributed by atoms with Crippen LogP contribution >= 0.6 is 23.4 Å². The number of pyridine rings is 2. The van der Waals surface area contributed by atoms with Gasteiger partial charge >= 0.3 is 5.97 Å². The number of nitrogens with one attached hydrogen (secondary N) is 1. The number of anilines is 1. The van der Waals surface area contributed by atoms with Crippen LogP contribution in [0.15, 0.2) is 69.8 Å². The molecule has 0 amide bonds. The van der Waals surface area contributed by atoms with E-state index >= 15 is 0 Å². The van der Waals surface area contributed by atoms with Crippen LogP contribution in [0, 0.1) is 5.82 Å². The first kappa shape index (κ1) is 20.1. The number of aromatic carboxylic acids is 1. The van der Waals surface area contributed by atoms with Crippen molar-refractivity contribution in [3.05, 3.63) is 71.3 Å². The first-order chi connectivity index (χ1) is 13.3. The third-order valence-electron chi connectivity index (χ3n) is 3.38. The van der Waals surface area contributed by atoms with Crippen molar-refractivity contribution in [2.75, 3.05) is 4.72 Å². The van der Waals surface area contributed by atoms with Gasteiger partial charge in [-0.15, -0.1) is 0 Å². The van der Waals surface area contributed by atoms with Gasteiger partial charge in [0.15, 0.2) is 0 Å². The van der Waals surface area contributed by atoms with E-state index in [1.807, 2.05) is 0 Å². The molecule has 0 fully saturated rings. The van der Waals surface area contributed by atoms with E-state index in [-0.39, 0.29) is 5.69 Å². The van der Waals surface area contributed by atoms with Gasteiger partial charge in [0.25, 0.3) is 10.0 Å². The van der Waals surface area contributed by atoms with Gasteiger partial charge in [0.1, 0.15) is 20.8 Å². The Morgan fingerprint density at radius 1 is 1.11 bits per heavy atom. The Morgan fingerprint density at radius 3 is 2.54 bits per heavy atom. The highest BCUT2D eigenvalue weighted by molar-refractivity contribution is 7.99. The largest absolute Gasteiger partial charge is 0.478 e. The summed E-state index contributed by atoms with van der Waals surface area (Å²) in [4.78, 5) is 18.8. The molecule has 2 aromatic heterocycles. The monoisotopic (exact) mass is 439 g/mol. The van der Waals surface area contributed by atoms with Crippen molar-refractivity contribution in [3.63, 3.8) is 0 Å². The Balaban J connectivity index is 1.90. The van der Waals surface area contributed by atoms with Gasteiger partial charge in [0.2, 0.25) is 0 Å². The van der Waals surface area contributed by atoms with E-state index in [0.29, 0.717) is 22.2 Å². The number of rotatable bonds is 6. The molecule has 3 rings (SSSR count). The number of nitrogens with zero attached hydrogens (tertiary/aromatic N) is 2. The third-order valence-corrected chi connectivity index (χ3v) is 6.10. The Hall–Kier alpha value is -2.69. The minimum Gasteiger partial charge on any atom is -0.478 e. The van der Waals surface area contributed by atoms with E-state index in [4.69, 9.17) is 16.7 Å². The van der Waals surface area contributed by atoms with Crippen LogP contribution in [0.5, 0.6) is 0 Å². The molecule has 11 heteroatoms. The van der Waals surface area contributed by atoms with Crippen LogP contribution in [0.3, 0.4) is 0 Å². The van der Waals surface area contributed by atoms with Gasteiger partial charge in [0.05, 0.1) is 16.3 Å². The molecule has 144 valence electrons. The van der Waals surface area contributed by atoms with Crippen LogP contribution in [-0.4, -0.2) is 29.5 Å². The molecule has 0 saturated heterocycles. The quantitative estimate of drug-likeness (QED) is 0.599. The molecule has 0 spiro atoms. The lowest BCUT2D eigenvalue weighted by molar-refractivity contribution is 0.0691. The summed E-state index contributed by atoms with van der Waals surface area (Å²) in [5.74, 6) is -2.74. The standard InChI is InChI=1S/C17H11ClFN3O4S2/c18-12-9-13(19)11(17(23)24)8-14(12)28(25,26)22-10-4-6-21-16(7-10)27-15-3-1-2-5-20-15/h1-9H,(H,21,22)(H,23,24). The number of hydrogen-bond acceptors (Lipinski definition) is 6. The Bertz CT molecular complexity index is 1140. The fourth-order valence-corrected chi connectivity index (χ4v) is 4.52. The van der Waals surface area contributed by atoms with Crippen molar-refractivity contribution in [2.24, 2.45) is 0 Å². The molecular weight excluding hydrogens is 429 g/mol. The van der Waals surface area contributed by atoms with E-state index in [1.165, 1.54) is 30.1 Å². The summed E-state index contributed by atoms with van der Waals surface area (Å²) in [7, 11) is -4.27. The van der Waals surface area contributed by atoms with Crippen LogP contribution in [0.2, 0.25) is 5.02 Å². The van der Waals surface area contributed by atoms with Crippen LogP contribution in [0.4, 0.5) is 10.1 Å². The Morgan fingerprint density at radius 2 is 1.86 bits per heavy atom. The fraction of sp³-hybridized carbons (Fsp3) is 0. The van der Waals surface area contributed by atoms with Crippen molar-refractivity contribution in [1.82, 2.24) is 9.97 Å². The van der Waals surface area contributed by atoms with E-state index in [1.54, 1.807) is 24.4 Å². The highest BCUT2D eigenvalue weighted by atomic mass is 35.5. The number of benzene rings is 1. The molecule has 0 aliphatic heterocycles. The van der Waals surface area contributed by atoms with E-state index in [2.05, 4.69) is 14.7 Å². The molecule has 28 heavy (non-hydrogen) atoms. The van der Waals surface area contributed by atoms with Gasteiger partial charge < -0.3 is 5.11 Å². The zero-order valence-electron chi connectivity index (χ0n) is 13.8. The van der Waals surface area contributed by atoms with Crippen LogP contribution < -0.4 is 4.72 Å². The van der Waals surface area contributed by atoms with Crippen molar-refractivity contribution in [3.8, 4) is 0 Å². The molecule has 0 aliphatic rings. The van der Waals surface area contributed by atoms with Crippen LogP contribution in [-0.2, 0) is 10.0 Å². The number of hydrogen-bond donors (Lipinski definition) is 2. The molecule has 2 N–H and O–H groups in total. The highest BCUT2D eigenvalue weighted by Crippen LogP contribution is 2.29. The number of carboxylic acid groups (broad SMARTS) is 1. The van der Waals surface area contributed by atoms with E-state index in [9.17, 15) is 17.6 Å². The molecule has 7 nitrogen and oxygen atoms in total. The molecular formula is C17H11ClFN3O4S2. The van der Waals surface area contributed by atoms with E-state index in [0.717, 1.165) is 0 Å². The van der Waals surface area contributed by atoms with Crippen molar-refractivity contribution in [1.29, 1.82) is 0 Å². The molecule has 0 aliphatic carbocycles. The summed E-state index contributed by atoms with van der Waals surface area (Å²) in [5, 5.41) is 9.71. The van der Waals surface area contributed by atoms with Gasteiger partial charge in [-0.1, -0.05) is 29.4 Å². The molecule has 0 bridgehead atoms. The SMILES string of the molecule is O=C(O)c1cc(S(=O)(=O)Nc2ccnc(Sc3ccccn3)c2)c(Cl)cc1F. The zero-order valence-corrected chi connectivity index (χ0v) is 16.2. The van der Waals surface area contributed by atoms with Gasteiger partial charge in [-0.2, -0.15) is 0 Å². The lowest BCUT2D eigenvalue weighted by atomic mass is 10.2. The topological polar surface area (TPSA) is 109 Å². The van der Waals surface area contributed by atoms with Crippen molar-refractivity contribution in [2.45, 2.75) is 14.9 Å². The van der Waals surface area contributed by atoms with Crippen molar-refractivity contribution < 1.29 is 22.7 Å². The lowest BCUT2D eigenvalue weighted by Gasteiger charge is -2.11. The number of carbonyl (C=O) groups is 1. The summed E-state index contributed by atoms with van der Waals surface area (Å²) in [5.41, 5.74) is -0.628. The molecule has 1 aromatic carbocycles. The molecule has 0 radical (unpaired) electrons. The predicted octanol–water partition coefficient (Wildman–Crippen LogP) is 3.92. The zero-order chi connectivity index (χ0) is 20.3. The second kappa shape index (κ2) is 8.13. The molecule has 2 heterocycles. The number of halogens is 2. The van der Waals surface area contributed by atoms with Gasteiger partial charge in [-0.3, -0.25) is 4.72 Å². The highest BCUT2D eigenvalue weighted by Gasteiger charge is 2.23. The normalized spacial score (nSPS) is 11.2. The lowest BCUT2D eigenvalue weighted by Crippen LogP contribution is -2.15. The summed E-state index contributed by atoms with van der Waals surface area (Å²) < 4.78 is 41.2. The molecule has 0 atom stereocenters. The second-order valence-electron chi connectivity index (χ2n) is 5.33. The smallest absolute Gasteiger partial charge is 0.338 e. The fourth-order valence-electron chi connectivity index (χ4n) is 2.15. The molecule has 0 unspecified atom stereocenters. The third kappa shape index (κ3) is 4.58. The maximum absolute atomic E-state index is 13.7.